The van der Waals surface area contributed by atoms with Crippen LogP contribution >= 0.6 is 0 Å². The Kier molecular flexibility index (Phi) is 3.82. The number of rotatable bonds is 3. The van der Waals surface area contributed by atoms with E-state index in [1.54, 1.807) is 7.11 Å². The first-order valence-electron chi connectivity index (χ1n) is 7.37. The summed E-state index contributed by atoms with van der Waals surface area (Å²) in [5.74, 6) is 0.856. The van der Waals surface area contributed by atoms with Crippen molar-refractivity contribution in [3.05, 3.63) is 59.4 Å². The molecule has 0 radical (unpaired) electrons. The lowest BCUT2D eigenvalue weighted by Crippen LogP contribution is -2.02. The van der Waals surface area contributed by atoms with Gasteiger partial charge in [-0.15, -0.1) is 0 Å². The first-order valence-corrected chi connectivity index (χ1v) is 7.37. The van der Waals surface area contributed by atoms with E-state index in [9.17, 15) is 0 Å². The third kappa shape index (κ3) is 2.44. The SMILES string of the molecule is COc1ccc(C)cc1-c1cnc(CN)c2cc(C)ccc12. The molecule has 0 spiro atoms. The van der Waals surface area contributed by atoms with E-state index in [-0.39, 0.29) is 0 Å². The molecule has 0 bridgehead atoms. The summed E-state index contributed by atoms with van der Waals surface area (Å²) in [6.45, 7) is 4.60. The van der Waals surface area contributed by atoms with Gasteiger partial charge >= 0.3 is 0 Å². The Bertz CT molecular complexity index is 840. The van der Waals surface area contributed by atoms with Gasteiger partial charge < -0.3 is 10.5 Å². The molecule has 0 saturated heterocycles. The summed E-state index contributed by atoms with van der Waals surface area (Å²) in [6, 6.07) is 12.6. The molecule has 0 atom stereocenters. The van der Waals surface area contributed by atoms with E-state index in [1.165, 1.54) is 11.1 Å². The number of aryl methyl sites for hydroxylation is 2. The maximum absolute atomic E-state index is 5.85. The van der Waals surface area contributed by atoms with E-state index in [0.717, 1.165) is 33.3 Å². The van der Waals surface area contributed by atoms with Gasteiger partial charge in [-0.1, -0.05) is 29.3 Å². The molecule has 2 N–H and O–H groups in total. The highest BCUT2D eigenvalue weighted by molar-refractivity contribution is 5.99. The van der Waals surface area contributed by atoms with Gasteiger partial charge in [0, 0.05) is 29.3 Å². The smallest absolute Gasteiger partial charge is 0.126 e. The van der Waals surface area contributed by atoms with Crippen molar-refractivity contribution < 1.29 is 4.74 Å². The maximum atomic E-state index is 5.85. The van der Waals surface area contributed by atoms with Crippen LogP contribution in [0.3, 0.4) is 0 Å². The normalized spacial score (nSPS) is 10.9. The minimum Gasteiger partial charge on any atom is -0.496 e. The van der Waals surface area contributed by atoms with Crippen LogP contribution in [0.5, 0.6) is 5.75 Å². The second kappa shape index (κ2) is 5.78. The first kappa shape index (κ1) is 14.5. The molecule has 112 valence electrons. The van der Waals surface area contributed by atoms with Crippen LogP contribution in [-0.4, -0.2) is 12.1 Å². The van der Waals surface area contributed by atoms with Crippen molar-refractivity contribution in [1.82, 2.24) is 4.98 Å². The van der Waals surface area contributed by atoms with Crippen LogP contribution < -0.4 is 10.5 Å². The summed E-state index contributed by atoms with van der Waals surface area (Å²) < 4.78 is 5.53. The van der Waals surface area contributed by atoms with Crippen molar-refractivity contribution in [2.75, 3.05) is 7.11 Å². The van der Waals surface area contributed by atoms with Gasteiger partial charge in [-0.25, -0.2) is 0 Å². The van der Waals surface area contributed by atoms with Crippen LogP contribution in [0.25, 0.3) is 21.9 Å². The van der Waals surface area contributed by atoms with Gasteiger partial charge in [0.15, 0.2) is 0 Å². The standard InChI is InChI=1S/C19H20N2O/c1-12-4-6-14-15(8-12)18(10-20)21-11-17(14)16-9-13(2)5-7-19(16)22-3/h4-9,11H,10,20H2,1-3H3. The molecule has 0 fully saturated rings. The Morgan fingerprint density at radius 3 is 2.41 bits per heavy atom. The minimum atomic E-state index is 0.436. The fourth-order valence-corrected chi connectivity index (χ4v) is 2.82. The number of nitrogens with zero attached hydrogens (tertiary/aromatic N) is 1. The molecular formula is C19H20N2O. The average Bonchev–Trinajstić information content (AvgIpc) is 2.53. The van der Waals surface area contributed by atoms with Gasteiger partial charge in [-0.3, -0.25) is 4.98 Å². The molecule has 0 aliphatic rings. The van der Waals surface area contributed by atoms with E-state index < -0.39 is 0 Å². The quantitative estimate of drug-likeness (QED) is 0.794. The number of benzene rings is 2. The highest BCUT2D eigenvalue weighted by Crippen LogP contribution is 2.36. The molecule has 3 nitrogen and oxygen atoms in total. The van der Waals surface area contributed by atoms with Gasteiger partial charge in [-0.2, -0.15) is 0 Å². The number of nitrogens with two attached hydrogens (primary N) is 1. The van der Waals surface area contributed by atoms with E-state index in [1.807, 2.05) is 12.3 Å². The number of ether oxygens (including phenoxy) is 1. The van der Waals surface area contributed by atoms with E-state index in [2.05, 4.69) is 49.2 Å². The lowest BCUT2D eigenvalue weighted by atomic mass is 9.96. The monoisotopic (exact) mass is 292 g/mol. The van der Waals surface area contributed by atoms with Crippen molar-refractivity contribution in [2.45, 2.75) is 20.4 Å². The third-order valence-electron chi connectivity index (χ3n) is 3.96. The Morgan fingerprint density at radius 2 is 1.68 bits per heavy atom. The fraction of sp³-hybridized carbons (Fsp3) is 0.211. The summed E-state index contributed by atoms with van der Waals surface area (Å²) in [4.78, 5) is 4.57. The zero-order valence-corrected chi connectivity index (χ0v) is 13.2. The molecule has 3 rings (SSSR count). The summed E-state index contributed by atoms with van der Waals surface area (Å²) >= 11 is 0. The van der Waals surface area contributed by atoms with Crippen LogP contribution in [0.1, 0.15) is 16.8 Å². The molecule has 0 aliphatic heterocycles. The molecule has 2 aromatic carbocycles. The maximum Gasteiger partial charge on any atom is 0.126 e. The summed E-state index contributed by atoms with van der Waals surface area (Å²) in [5, 5.41) is 2.27. The molecule has 0 saturated carbocycles. The molecule has 1 heterocycles. The van der Waals surface area contributed by atoms with Crippen LogP contribution in [0, 0.1) is 13.8 Å². The Labute approximate surface area is 130 Å². The van der Waals surface area contributed by atoms with Crippen LogP contribution in [0.4, 0.5) is 0 Å². The Hall–Kier alpha value is -2.39. The molecule has 1 aromatic heterocycles. The van der Waals surface area contributed by atoms with E-state index >= 15 is 0 Å². The molecule has 0 amide bonds. The predicted octanol–water partition coefficient (Wildman–Crippen LogP) is 3.99. The summed E-state index contributed by atoms with van der Waals surface area (Å²) in [7, 11) is 1.70. The molecule has 0 aliphatic carbocycles. The van der Waals surface area contributed by atoms with Crippen molar-refractivity contribution in [3.63, 3.8) is 0 Å². The Balaban J connectivity index is 2.35. The minimum absolute atomic E-state index is 0.436. The van der Waals surface area contributed by atoms with Crippen molar-refractivity contribution in [1.29, 1.82) is 0 Å². The second-order valence-corrected chi connectivity index (χ2v) is 5.58. The fourth-order valence-electron chi connectivity index (χ4n) is 2.82. The van der Waals surface area contributed by atoms with Gasteiger partial charge in [0.05, 0.1) is 12.8 Å². The van der Waals surface area contributed by atoms with Gasteiger partial charge in [0.1, 0.15) is 5.75 Å². The zero-order chi connectivity index (χ0) is 15.7. The number of aromatic nitrogens is 1. The average molecular weight is 292 g/mol. The largest absolute Gasteiger partial charge is 0.496 e. The molecule has 3 aromatic rings. The van der Waals surface area contributed by atoms with Crippen molar-refractivity contribution >= 4 is 10.8 Å². The number of fused-ring (bicyclic) bond motifs is 1. The zero-order valence-electron chi connectivity index (χ0n) is 13.2. The third-order valence-corrected chi connectivity index (χ3v) is 3.96. The van der Waals surface area contributed by atoms with Gasteiger partial charge in [0.2, 0.25) is 0 Å². The van der Waals surface area contributed by atoms with Gasteiger partial charge in [-0.05, 0) is 37.4 Å². The first-order chi connectivity index (χ1) is 10.6. The molecule has 3 heteroatoms. The van der Waals surface area contributed by atoms with Crippen molar-refractivity contribution in [3.8, 4) is 16.9 Å². The summed E-state index contributed by atoms with van der Waals surface area (Å²) in [6.07, 6.45) is 1.90. The van der Waals surface area contributed by atoms with Crippen LogP contribution in [0.15, 0.2) is 42.6 Å². The van der Waals surface area contributed by atoms with Crippen LogP contribution in [0.2, 0.25) is 0 Å². The van der Waals surface area contributed by atoms with E-state index in [4.69, 9.17) is 10.5 Å². The molecule has 0 unspecified atom stereocenters. The van der Waals surface area contributed by atoms with Crippen LogP contribution in [-0.2, 0) is 6.54 Å². The molecular weight excluding hydrogens is 272 g/mol. The lowest BCUT2D eigenvalue weighted by Gasteiger charge is -2.14. The number of hydrogen-bond acceptors (Lipinski definition) is 3. The summed E-state index contributed by atoms with van der Waals surface area (Å²) in [5.41, 5.74) is 11.3. The van der Waals surface area contributed by atoms with Crippen molar-refractivity contribution in [2.24, 2.45) is 5.73 Å². The Morgan fingerprint density at radius 1 is 0.955 bits per heavy atom. The number of hydrogen-bond donors (Lipinski definition) is 1. The predicted molar refractivity (Wildman–Crippen MR) is 91.1 cm³/mol. The van der Waals surface area contributed by atoms with E-state index in [0.29, 0.717) is 6.54 Å². The second-order valence-electron chi connectivity index (χ2n) is 5.58. The highest BCUT2D eigenvalue weighted by Gasteiger charge is 2.12. The number of methoxy groups -OCH3 is 1. The van der Waals surface area contributed by atoms with Gasteiger partial charge in [0.25, 0.3) is 0 Å². The topological polar surface area (TPSA) is 48.1 Å². The molecule has 22 heavy (non-hydrogen) atoms. The highest BCUT2D eigenvalue weighted by atomic mass is 16.5. The number of pyridine rings is 1. The lowest BCUT2D eigenvalue weighted by molar-refractivity contribution is 0.416.